The molecule has 0 bridgehead atoms. The molecule has 1 aromatic heterocycles. The Labute approximate surface area is 269 Å². The summed E-state index contributed by atoms with van der Waals surface area (Å²) >= 11 is 7.24. The summed E-state index contributed by atoms with van der Waals surface area (Å²) in [5.74, 6) is -0.0675. The summed E-state index contributed by atoms with van der Waals surface area (Å²) in [5, 5.41) is 21.8. The third-order valence-corrected chi connectivity index (χ3v) is 9.36. The lowest BCUT2D eigenvalue weighted by Crippen LogP contribution is -2.46. The van der Waals surface area contributed by atoms with Gasteiger partial charge in [-0.05, 0) is 61.3 Å². The first kappa shape index (κ1) is 33.1. The number of piperazine rings is 1. The molecular weight excluding hydrogens is 623 g/mol. The lowest BCUT2D eigenvalue weighted by atomic mass is 9.98. The van der Waals surface area contributed by atoms with E-state index in [0.717, 1.165) is 69.6 Å². The third kappa shape index (κ3) is 8.71. The highest BCUT2D eigenvalue weighted by atomic mass is 35.5. The number of hydrogen-bond acceptors (Lipinski definition) is 6. The van der Waals surface area contributed by atoms with E-state index in [-0.39, 0.29) is 43.5 Å². The normalized spacial score (nSPS) is 15.7. The number of nitrogens with one attached hydrogen (secondary N) is 1. The number of aromatic nitrogens is 1. The lowest BCUT2D eigenvalue weighted by molar-refractivity contribution is -0.137. The maximum atomic E-state index is 13.6. The SMILES string of the molecule is O=c1[nH]c2ccc(C(F)(F)F)cc2c(-c2cc(Cl)ccc2O)c1SCC(O)CCCN1CCN(CC=Cc2ccccc2)CC1. The van der Waals surface area contributed by atoms with E-state index >= 15 is 0 Å². The molecule has 0 spiro atoms. The van der Waals surface area contributed by atoms with Gasteiger partial charge in [0.1, 0.15) is 5.75 Å². The quantitative estimate of drug-likeness (QED) is 0.149. The number of benzene rings is 3. The Bertz CT molecular complexity index is 1690. The predicted molar refractivity (Wildman–Crippen MR) is 176 cm³/mol. The molecule has 0 saturated carbocycles. The highest BCUT2D eigenvalue weighted by Gasteiger charge is 2.31. The van der Waals surface area contributed by atoms with E-state index < -0.39 is 23.4 Å². The van der Waals surface area contributed by atoms with Crippen molar-refractivity contribution in [1.29, 1.82) is 0 Å². The Balaban J connectivity index is 1.20. The number of rotatable bonds is 11. The minimum Gasteiger partial charge on any atom is -0.507 e. The van der Waals surface area contributed by atoms with Crippen molar-refractivity contribution >= 4 is 40.3 Å². The summed E-state index contributed by atoms with van der Waals surface area (Å²) in [6.07, 6.45) is 0.256. The van der Waals surface area contributed by atoms with Crippen LogP contribution in [0.5, 0.6) is 5.75 Å². The Hall–Kier alpha value is -3.28. The molecule has 6 nitrogen and oxygen atoms in total. The minimum atomic E-state index is -4.60. The highest BCUT2D eigenvalue weighted by molar-refractivity contribution is 7.99. The van der Waals surface area contributed by atoms with Gasteiger partial charge in [-0.3, -0.25) is 9.69 Å². The first-order valence-electron chi connectivity index (χ1n) is 14.8. The number of H-pyrrole nitrogens is 1. The topological polar surface area (TPSA) is 79.8 Å². The number of halogens is 4. The smallest absolute Gasteiger partial charge is 0.416 e. The average Bonchev–Trinajstić information content (AvgIpc) is 3.01. The van der Waals surface area contributed by atoms with E-state index in [1.807, 2.05) is 18.2 Å². The van der Waals surface area contributed by atoms with Crippen molar-refractivity contribution in [2.45, 2.75) is 30.0 Å². The minimum absolute atomic E-state index is 0.107. The maximum absolute atomic E-state index is 13.6. The van der Waals surface area contributed by atoms with E-state index in [1.54, 1.807) is 0 Å². The zero-order chi connectivity index (χ0) is 32.0. The summed E-state index contributed by atoms with van der Waals surface area (Å²) in [4.78, 5) is 20.8. The molecule has 0 radical (unpaired) electrons. The van der Waals surface area contributed by atoms with Gasteiger partial charge >= 0.3 is 6.18 Å². The number of phenols is 1. The average molecular weight is 658 g/mol. The fraction of sp³-hybridized carbons (Fsp3) is 0.324. The molecule has 2 heterocycles. The van der Waals surface area contributed by atoms with Gasteiger partial charge in [0.05, 0.1) is 16.6 Å². The molecule has 11 heteroatoms. The van der Waals surface area contributed by atoms with E-state index in [2.05, 4.69) is 39.1 Å². The Kier molecular flexibility index (Phi) is 10.9. The number of aliphatic hydroxyl groups excluding tert-OH is 1. The number of alkyl halides is 3. The van der Waals surface area contributed by atoms with Crippen LogP contribution in [-0.2, 0) is 6.18 Å². The second-order valence-corrected chi connectivity index (χ2v) is 12.6. The molecule has 1 aliphatic rings. The molecule has 1 fully saturated rings. The van der Waals surface area contributed by atoms with Gasteiger partial charge in [-0.25, -0.2) is 0 Å². The van der Waals surface area contributed by atoms with Crippen molar-refractivity contribution in [3.05, 3.63) is 99.3 Å². The molecule has 5 rings (SSSR count). The van der Waals surface area contributed by atoms with Crippen molar-refractivity contribution in [2.24, 2.45) is 0 Å². The van der Waals surface area contributed by atoms with Gasteiger partial charge < -0.3 is 20.1 Å². The second-order valence-electron chi connectivity index (χ2n) is 11.1. The fourth-order valence-corrected chi connectivity index (χ4v) is 6.72. The summed E-state index contributed by atoms with van der Waals surface area (Å²) in [6.45, 7) is 5.58. The summed E-state index contributed by atoms with van der Waals surface area (Å²) in [6, 6.07) is 17.5. The maximum Gasteiger partial charge on any atom is 0.416 e. The van der Waals surface area contributed by atoms with Crippen LogP contribution in [0.25, 0.3) is 28.1 Å². The van der Waals surface area contributed by atoms with Crippen LogP contribution in [0.2, 0.25) is 5.02 Å². The van der Waals surface area contributed by atoms with Crippen molar-refractivity contribution in [3.8, 4) is 16.9 Å². The number of pyridine rings is 1. The molecule has 0 amide bonds. The number of nitrogens with zero attached hydrogens (tertiary/aromatic N) is 2. The summed E-state index contributed by atoms with van der Waals surface area (Å²) < 4.78 is 40.9. The van der Waals surface area contributed by atoms with Gasteiger partial charge in [0.25, 0.3) is 5.56 Å². The Morgan fingerprint density at radius 1 is 1.00 bits per heavy atom. The van der Waals surface area contributed by atoms with Crippen molar-refractivity contribution in [1.82, 2.24) is 14.8 Å². The molecule has 3 aromatic carbocycles. The van der Waals surface area contributed by atoms with Crippen LogP contribution in [0, 0.1) is 0 Å². The Morgan fingerprint density at radius 2 is 1.73 bits per heavy atom. The molecule has 1 aliphatic heterocycles. The first-order chi connectivity index (χ1) is 21.6. The van der Waals surface area contributed by atoms with Crippen molar-refractivity contribution < 1.29 is 23.4 Å². The van der Waals surface area contributed by atoms with Crippen molar-refractivity contribution in [3.63, 3.8) is 0 Å². The molecule has 1 unspecified atom stereocenters. The number of aliphatic hydroxyl groups is 1. The number of thioether (sulfide) groups is 1. The van der Waals surface area contributed by atoms with Gasteiger partial charge in [0, 0.05) is 65.5 Å². The largest absolute Gasteiger partial charge is 0.507 e. The van der Waals surface area contributed by atoms with Gasteiger partial charge in [0.15, 0.2) is 0 Å². The van der Waals surface area contributed by atoms with Crippen LogP contribution in [0.1, 0.15) is 24.0 Å². The summed E-state index contributed by atoms with van der Waals surface area (Å²) in [5.41, 5.74) is 0.265. The zero-order valence-electron chi connectivity index (χ0n) is 24.6. The van der Waals surface area contributed by atoms with Gasteiger partial charge in [0.2, 0.25) is 0 Å². The number of fused-ring (bicyclic) bond motifs is 1. The summed E-state index contributed by atoms with van der Waals surface area (Å²) in [7, 11) is 0. The molecule has 1 saturated heterocycles. The van der Waals surface area contributed by atoms with Crippen LogP contribution in [0.3, 0.4) is 0 Å². The second kappa shape index (κ2) is 14.9. The van der Waals surface area contributed by atoms with Gasteiger partial charge in [-0.15, -0.1) is 11.8 Å². The standard InChI is InChI=1S/C34H35ClF3N3O3S/c35-25-11-13-30(43)28(21-25)31-27-20-24(34(36,37)38)10-12-29(27)39-33(44)32(31)45-22-26(42)9-5-15-41-18-16-40(17-19-41)14-4-8-23-6-2-1-3-7-23/h1-4,6-8,10-13,20-21,26,42-43H,5,9,14-19,22H2,(H,39,44). The van der Waals surface area contributed by atoms with Gasteiger partial charge in [-0.1, -0.05) is 54.1 Å². The fourth-order valence-electron chi connectivity index (χ4n) is 5.48. The van der Waals surface area contributed by atoms with Crippen molar-refractivity contribution in [2.75, 3.05) is 45.0 Å². The van der Waals surface area contributed by atoms with Gasteiger partial charge in [-0.2, -0.15) is 13.2 Å². The first-order valence-corrected chi connectivity index (χ1v) is 16.2. The van der Waals surface area contributed by atoms with E-state index in [0.29, 0.717) is 6.42 Å². The lowest BCUT2D eigenvalue weighted by Gasteiger charge is -2.34. The highest BCUT2D eigenvalue weighted by Crippen LogP contribution is 2.42. The molecule has 238 valence electrons. The molecular formula is C34H35ClF3N3O3S. The number of aromatic amines is 1. The van der Waals surface area contributed by atoms with Crippen LogP contribution in [0.4, 0.5) is 13.2 Å². The Morgan fingerprint density at radius 3 is 2.47 bits per heavy atom. The third-order valence-electron chi connectivity index (χ3n) is 7.90. The molecule has 45 heavy (non-hydrogen) atoms. The predicted octanol–water partition coefficient (Wildman–Crippen LogP) is 7.14. The molecule has 0 aliphatic carbocycles. The number of hydrogen-bond donors (Lipinski definition) is 3. The van der Waals surface area contributed by atoms with Crippen LogP contribution in [-0.4, -0.2) is 76.1 Å². The van der Waals surface area contributed by atoms with Crippen LogP contribution in [0.15, 0.2) is 82.5 Å². The monoisotopic (exact) mass is 657 g/mol. The van der Waals surface area contributed by atoms with Crippen LogP contribution >= 0.6 is 23.4 Å². The number of aromatic hydroxyl groups is 1. The molecule has 3 N–H and O–H groups in total. The van der Waals surface area contributed by atoms with Crippen LogP contribution < -0.4 is 5.56 Å². The van der Waals surface area contributed by atoms with E-state index in [1.165, 1.54) is 29.8 Å². The zero-order valence-corrected chi connectivity index (χ0v) is 26.1. The van der Waals surface area contributed by atoms with E-state index in [9.17, 15) is 28.2 Å². The molecule has 1 atom stereocenters. The number of phenolic OH excluding ortho intramolecular Hbond substituents is 1. The molecule has 4 aromatic rings. The van der Waals surface area contributed by atoms with E-state index in [4.69, 9.17) is 11.6 Å².